The van der Waals surface area contributed by atoms with Crippen LogP contribution in [0.2, 0.25) is 5.02 Å². The number of nitrogens with one attached hydrogen (secondary N) is 1. The molecule has 0 saturated carbocycles. The number of nitrogens with zero attached hydrogens (tertiary/aromatic N) is 1. The van der Waals surface area contributed by atoms with Crippen LogP contribution in [0.3, 0.4) is 0 Å². The van der Waals surface area contributed by atoms with E-state index in [0.717, 1.165) is 16.5 Å². The number of hydrogen-bond acceptors (Lipinski definition) is 3. The summed E-state index contributed by atoms with van der Waals surface area (Å²) in [6.07, 6.45) is 1.94. The Morgan fingerprint density at radius 3 is 2.85 bits per heavy atom. The molecule has 0 atom stereocenters. The van der Waals surface area contributed by atoms with Gasteiger partial charge in [-0.25, -0.2) is 0 Å². The summed E-state index contributed by atoms with van der Waals surface area (Å²) < 4.78 is 0. The van der Waals surface area contributed by atoms with E-state index in [4.69, 9.17) is 17.3 Å². The highest BCUT2D eigenvalue weighted by Crippen LogP contribution is 2.32. The number of rotatable bonds is 3. The summed E-state index contributed by atoms with van der Waals surface area (Å²) in [5.74, 6) is -0.159. The zero-order chi connectivity index (χ0) is 14.9. The molecule has 20 heavy (non-hydrogen) atoms. The van der Waals surface area contributed by atoms with Gasteiger partial charge in [-0.05, 0) is 44.5 Å². The molecule has 2 rings (SSSR count). The molecule has 0 aliphatic rings. The second-order valence-electron chi connectivity index (χ2n) is 5.66. The minimum atomic E-state index is -0.560. The van der Waals surface area contributed by atoms with Crippen molar-refractivity contribution in [3.8, 4) is 0 Å². The van der Waals surface area contributed by atoms with Crippen molar-refractivity contribution in [2.45, 2.75) is 32.7 Å². The van der Waals surface area contributed by atoms with E-state index < -0.39 is 5.54 Å². The molecule has 0 unspecified atom stereocenters. The van der Waals surface area contributed by atoms with Crippen LogP contribution in [0.1, 0.15) is 25.8 Å². The van der Waals surface area contributed by atoms with Gasteiger partial charge in [-0.3, -0.25) is 9.78 Å². The van der Waals surface area contributed by atoms with E-state index in [2.05, 4.69) is 10.3 Å². The van der Waals surface area contributed by atoms with E-state index in [9.17, 15) is 4.79 Å². The van der Waals surface area contributed by atoms with Gasteiger partial charge in [-0.1, -0.05) is 11.6 Å². The van der Waals surface area contributed by atoms with E-state index >= 15 is 0 Å². The van der Waals surface area contributed by atoms with Crippen LogP contribution in [-0.2, 0) is 4.79 Å². The van der Waals surface area contributed by atoms with Gasteiger partial charge < -0.3 is 11.1 Å². The van der Waals surface area contributed by atoms with Crippen molar-refractivity contribution < 1.29 is 4.79 Å². The average molecular weight is 292 g/mol. The second kappa shape index (κ2) is 5.38. The van der Waals surface area contributed by atoms with Crippen molar-refractivity contribution in [2.24, 2.45) is 5.73 Å². The average Bonchev–Trinajstić information content (AvgIpc) is 2.32. The lowest BCUT2D eigenvalue weighted by atomic mass is 10.0. The molecule has 1 heterocycles. The van der Waals surface area contributed by atoms with Gasteiger partial charge in [0.25, 0.3) is 0 Å². The number of halogens is 1. The first-order chi connectivity index (χ1) is 9.28. The summed E-state index contributed by atoms with van der Waals surface area (Å²) in [6.45, 7) is 5.56. The Balaban J connectivity index is 2.42. The summed E-state index contributed by atoms with van der Waals surface area (Å²) >= 11 is 6.25. The highest BCUT2D eigenvalue weighted by atomic mass is 35.5. The molecule has 3 N–H and O–H groups in total. The summed E-state index contributed by atoms with van der Waals surface area (Å²) in [5, 5.41) is 4.19. The van der Waals surface area contributed by atoms with Crippen LogP contribution in [-0.4, -0.2) is 16.4 Å². The van der Waals surface area contributed by atoms with Gasteiger partial charge in [0.15, 0.2) is 0 Å². The van der Waals surface area contributed by atoms with Crippen LogP contribution in [0.4, 0.5) is 5.69 Å². The number of benzene rings is 1. The Morgan fingerprint density at radius 1 is 1.50 bits per heavy atom. The Morgan fingerprint density at radius 2 is 2.20 bits per heavy atom. The topological polar surface area (TPSA) is 68.0 Å². The highest BCUT2D eigenvalue weighted by Gasteiger charge is 2.18. The molecule has 5 heteroatoms. The number of aryl methyl sites for hydroxylation is 1. The van der Waals surface area contributed by atoms with Gasteiger partial charge in [0, 0.05) is 23.5 Å². The number of pyridine rings is 1. The van der Waals surface area contributed by atoms with Gasteiger partial charge >= 0.3 is 0 Å². The van der Waals surface area contributed by atoms with Crippen molar-refractivity contribution in [1.29, 1.82) is 0 Å². The smallest absolute Gasteiger partial charge is 0.226 e. The Labute approximate surface area is 123 Å². The van der Waals surface area contributed by atoms with Crippen LogP contribution in [0, 0.1) is 6.92 Å². The molecular formula is C15H18ClN3O. The van der Waals surface area contributed by atoms with Gasteiger partial charge in [-0.2, -0.15) is 0 Å². The number of carbonyl (C=O) groups is 1. The number of hydrogen-bond donors (Lipinski definition) is 2. The molecule has 106 valence electrons. The van der Waals surface area contributed by atoms with Crippen molar-refractivity contribution in [1.82, 2.24) is 4.98 Å². The summed E-state index contributed by atoms with van der Waals surface area (Å²) in [6, 6.07) is 5.52. The van der Waals surface area contributed by atoms with Crippen LogP contribution >= 0.6 is 11.6 Å². The number of fused-ring (bicyclic) bond motifs is 1. The van der Waals surface area contributed by atoms with Crippen molar-refractivity contribution in [3.63, 3.8) is 0 Å². The van der Waals surface area contributed by atoms with Crippen LogP contribution in [0.5, 0.6) is 0 Å². The zero-order valence-electron chi connectivity index (χ0n) is 11.8. The lowest BCUT2D eigenvalue weighted by molar-refractivity contribution is -0.117. The van der Waals surface area contributed by atoms with Gasteiger partial charge in [0.05, 0.1) is 16.2 Å². The first kappa shape index (κ1) is 14.8. The van der Waals surface area contributed by atoms with Crippen LogP contribution in [0.25, 0.3) is 10.9 Å². The fourth-order valence-corrected chi connectivity index (χ4v) is 2.42. The summed E-state index contributed by atoms with van der Waals surface area (Å²) in [7, 11) is 0. The third-order valence-electron chi connectivity index (χ3n) is 2.91. The van der Waals surface area contributed by atoms with E-state index in [1.807, 2.05) is 32.9 Å². The zero-order valence-corrected chi connectivity index (χ0v) is 12.6. The largest absolute Gasteiger partial charge is 0.325 e. The molecule has 0 aliphatic carbocycles. The number of nitrogens with two attached hydrogens (primary N) is 1. The normalized spacial score (nSPS) is 11.7. The van der Waals surface area contributed by atoms with Crippen LogP contribution in [0.15, 0.2) is 24.4 Å². The van der Waals surface area contributed by atoms with Crippen LogP contribution < -0.4 is 11.1 Å². The molecule has 0 radical (unpaired) electrons. The lowest BCUT2D eigenvalue weighted by Gasteiger charge is -2.18. The van der Waals surface area contributed by atoms with E-state index in [1.54, 1.807) is 12.3 Å². The molecule has 0 spiro atoms. The molecule has 2 aromatic rings. The van der Waals surface area contributed by atoms with Crippen molar-refractivity contribution >= 4 is 34.1 Å². The number of anilines is 1. The lowest BCUT2D eigenvalue weighted by Crippen LogP contribution is -2.36. The quantitative estimate of drug-likeness (QED) is 0.912. The predicted molar refractivity (Wildman–Crippen MR) is 83.0 cm³/mol. The second-order valence-corrected chi connectivity index (χ2v) is 6.07. The minimum Gasteiger partial charge on any atom is -0.325 e. The molecule has 1 amide bonds. The van der Waals surface area contributed by atoms with Gasteiger partial charge in [-0.15, -0.1) is 0 Å². The van der Waals surface area contributed by atoms with E-state index in [1.165, 1.54) is 0 Å². The van der Waals surface area contributed by atoms with Gasteiger partial charge in [0.1, 0.15) is 0 Å². The molecule has 0 fully saturated rings. The van der Waals surface area contributed by atoms with Crippen molar-refractivity contribution in [3.05, 3.63) is 35.0 Å². The molecule has 0 bridgehead atoms. The fourth-order valence-electron chi connectivity index (χ4n) is 2.11. The molecule has 1 aromatic heterocycles. The van der Waals surface area contributed by atoms with Crippen molar-refractivity contribution in [2.75, 3.05) is 5.32 Å². The molecule has 0 saturated heterocycles. The molecule has 0 aliphatic heterocycles. The third-order valence-corrected chi connectivity index (χ3v) is 3.21. The molecular weight excluding hydrogens is 274 g/mol. The minimum absolute atomic E-state index is 0.159. The van der Waals surface area contributed by atoms with E-state index in [0.29, 0.717) is 10.7 Å². The Hall–Kier alpha value is -1.65. The van der Waals surface area contributed by atoms with Gasteiger partial charge in [0.2, 0.25) is 5.91 Å². The number of carbonyl (C=O) groups excluding carboxylic acids is 1. The Kier molecular flexibility index (Phi) is 3.97. The maximum absolute atomic E-state index is 12.0. The number of aromatic nitrogens is 1. The molecule has 4 nitrogen and oxygen atoms in total. The molecule has 1 aromatic carbocycles. The monoisotopic (exact) mass is 291 g/mol. The summed E-state index contributed by atoms with van der Waals surface area (Å²) in [4.78, 5) is 16.4. The van der Waals surface area contributed by atoms with E-state index in [-0.39, 0.29) is 12.3 Å². The first-order valence-electron chi connectivity index (χ1n) is 6.40. The maximum Gasteiger partial charge on any atom is 0.226 e. The summed E-state index contributed by atoms with van der Waals surface area (Å²) in [5.41, 5.74) is 7.70. The third kappa shape index (κ3) is 3.26. The first-order valence-corrected chi connectivity index (χ1v) is 6.78. The maximum atomic E-state index is 12.0. The Bertz CT molecular complexity index is 662. The number of amides is 1. The highest BCUT2D eigenvalue weighted by molar-refractivity contribution is 6.35. The predicted octanol–water partition coefficient (Wildman–Crippen LogP) is 3.26. The standard InChI is InChI=1S/C15H18ClN3O/c1-9-7-11(16)14(10-5-4-6-18-13(9)10)19-12(20)8-15(2,3)17/h4-7H,8,17H2,1-3H3,(H,19,20). The SMILES string of the molecule is Cc1cc(Cl)c(NC(=O)CC(C)(C)N)c2cccnc12. The fraction of sp³-hybridized carbons (Fsp3) is 0.333.